The summed E-state index contributed by atoms with van der Waals surface area (Å²) in [7, 11) is 0. The molecule has 0 bridgehead atoms. The maximum Gasteiger partial charge on any atom is 0.138 e. The summed E-state index contributed by atoms with van der Waals surface area (Å²) in [5.41, 5.74) is 0. The molecule has 0 radical (unpaired) electrons. The summed E-state index contributed by atoms with van der Waals surface area (Å²) in [6, 6.07) is 0. The van der Waals surface area contributed by atoms with E-state index >= 15 is 0 Å². The zero-order chi connectivity index (χ0) is 10.1. The quantitative estimate of drug-likeness (QED) is 0.419. The predicted molar refractivity (Wildman–Crippen MR) is 48.0 cm³/mol. The normalized spacial score (nSPS) is 9.92. The molecule has 0 rings (SSSR count). The Morgan fingerprint density at radius 2 is 1.69 bits per heavy atom. The molecule has 0 N–H and O–H groups in total. The van der Waals surface area contributed by atoms with Crippen molar-refractivity contribution in [3.8, 4) is 0 Å². The van der Waals surface area contributed by atoms with Gasteiger partial charge < -0.3 is 9.90 Å². The summed E-state index contributed by atoms with van der Waals surface area (Å²) < 4.78 is 0. The SMILES string of the molecule is CCCCCCCC(=O)CC(=O)[O-]. The fourth-order valence-electron chi connectivity index (χ4n) is 1.18. The first-order valence-corrected chi connectivity index (χ1v) is 4.88. The predicted octanol–water partition coefficient (Wildman–Crippen LogP) is 1.06. The highest BCUT2D eigenvalue weighted by Crippen LogP contribution is 2.05. The molecule has 0 aromatic carbocycles. The maximum absolute atomic E-state index is 10.9. The van der Waals surface area contributed by atoms with E-state index in [9.17, 15) is 14.7 Å². The molecule has 0 atom stereocenters. The van der Waals surface area contributed by atoms with E-state index in [1.54, 1.807) is 0 Å². The summed E-state index contributed by atoms with van der Waals surface area (Å²) in [5, 5.41) is 10.0. The van der Waals surface area contributed by atoms with Gasteiger partial charge in [-0.25, -0.2) is 0 Å². The lowest BCUT2D eigenvalue weighted by atomic mass is 10.1. The first-order valence-electron chi connectivity index (χ1n) is 4.88. The van der Waals surface area contributed by atoms with E-state index in [1.807, 2.05) is 0 Å². The number of carbonyl (C=O) groups is 2. The lowest BCUT2D eigenvalue weighted by Gasteiger charge is -2.01. The molecule has 13 heavy (non-hydrogen) atoms. The van der Waals surface area contributed by atoms with Gasteiger partial charge in [0, 0.05) is 18.8 Å². The van der Waals surface area contributed by atoms with E-state index in [-0.39, 0.29) is 5.78 Å². The molecule has 0 spiro atoms. The largest absolute Gasteiger partial charge is 0.550 e. The Labute approximate surface area is 79.1 Å². The van der Waals surface area contributed by atoms with Gasteiger partial charge in [-0.15, -0.1) is 0 Å². The van der Waals surface area contributed by atoms with Crippen molar-refractivity contribution in [2.45, 2.75) is 51.9 Å². The average Bonchev–Trinajstić information content (AvgIpc) is 2.02. The molecule has 0 aromatic rings. The Balaban J connectivity index is 3.22. The molecule has 0 aliphatic carbocycles. The van der Waals surface area contributed by atoms with Crippen LogP contribution in [0.2, 0.25) is 0 Å². The van der Waals surface area contributed by atoms with Crippen molar-refractivity contribution in [3.63, 3.8) is 0 Å². The number of aliphatic carboxylic acids is 1. The van der Waals surface area contributed by atoms with Crippen LogP contribution in [0.15, 0.2) is 0 Å². The van der Waals surface area contributed by atoms with Crippen LogP contribution in [0, 0.1) is 0 Å². The second-order valence-corrected chi connectivity index (χ2v) is 3.25. The van der Waals surface area contributed by atoms with Crippen LogP contribution in [0.5, 0.6) is 0 Å². The molecule has 0 amide bonds. The van der Waals surface area contributed by atoms with Crippen LogP contribution in [0.25, 0.3) is 0 Å². The van der Waals surface area contributed by atoms with Crippen molar-refractivity contribution in [2.75, 3.05) is 0 Å². The Morgan fingerprint density at radius 1 is 1.08 bits per heavy atom. The van der Waals surface area contributed by atoms with Crippen molar-refractivity contribution in [3.05, 3.63) is 0 Å². The number of unbranched alkanes of at least 4 members (excludes halogenated alkanes) is 4. The molecule has 0 fully saturated rings. The zero-order valence-corrected chi connectivity index (χ0v) is 8.17. The van der Waals surface area contributed by atoms with Crippen molar-refractivity contribution < 1.29 is 14.7 Å². The van der Waals surface area contributed by atoms with Gasteiger partial charge >= 0.3 is 0 Å². The molecule has 0 saturated heterocycles. The van der Waals surface area contributed by atoms with Gasteiger partial charge in [0.05, 0.1) is 0 Å². The van der Waals surface area contributed by atoms with Gasteiger partial charge in [-0.05, 0) is 6.42 Å². The monoisotopic (exact) mass is 185 g/mol. The van der Waals surface area contributed by atoms with Crippen molar-refractivity contribution in [1.29, 1.82) is 0 Å². The molecule has 0 aromatic heterocycles. The van der Waals surface area contributed by atoms with Gasteiger partial charge in [0.1, 0.15) is 5.78 Å². The van der Waals surface area contributed by atoms with Crippen LogP contribution >= 0.6 is 0 Å². The number of carboxylic acids is 1. The lowest BCUT2D eigenvalue weighted by Crippen LogP contribution is -2.25. The van der Waals surface area contributed by atoms with Crippen LogP contribution in [0.1, 0.15) is 51.9 Å². The van der Waals surface area contributed by atoms with Crippen molar-refractivity contribution in [2.24, 2.45) is 0 Å². The number of carboxylic acid groups (broad SMARTS) is 1. The standard InChI is InChI=1S/C10H18O3/c1-2-3-4-5-6-7-9(11)8-10(12)13/h2-8H2,1H3,(H,12,13)/p-1. The van der Waals surface area contributed by atoms with E-state index < -0.39 is 12.4 Å². The van der Waals surface area contributed by atoms with Gasteiger partial charge in [0.25, 0.3) is 0 Å². The molecular formula is C10H17O3-. The minimum absolute atomic E-state index is 0.212. The third-order valence-corrected chi connectivity index (χ3v) is 1.90. The number of hydrogen-bond acceptors (Lipinski definition) is 3. The lowest BCUT2D eigenvalue weighted by molar-refractivity contribution is -0.304. The highest BCUT2D eigenvalue weighted by atomic mass is 16.4. The van der Waals surface area contributed by atoms with Gasteiger partial charge in [-0.1, -0.05) is 32.6 Å². The molecule has 0 unspecified atom stereocenters. The first-order chi connectivity index (χ1) is 6.16. The molecule has 0 heterocycles. The average molecular weight is 185 g/mol. The second kappa shape index (κ2) is 7.77. The smallest absolute Gasteiger partial charge is 0.138 e. The van der Waals surface area contributed by atoms with E-state index in [0.717, 1.165) is 19.3 Å². The van der Waals surface area contributed by atoms with E-state index in [0.29, 0.717) is 6.42 Å². The topological polar surface area (TPSA) is 57.2 Å². The van der Waals surface area contributed by atoms with Crippen molar-refractivity contribution >= 4 is 11.8 Å². The Bertz CT molecular complexity index is 164. The van der Waals surface area contributed by atoms with Gasteiger partial charge in [0.15, 0.2) is 0 Å². The molecule has 0 saturated carbocycles. The van der Waals surface area contributed by atoms with E-state index in [2.05, 4.69) is 6.92 Å². The highest BCUT2D eigenvalue weighted by Gasteiger charge is 2.01. The Hall–Kier alpha value is -0.860. The number of hydrogen-bond donors (Lipinski definition) is 0. The van der Waals surface area contributed by atoms with Crippen molar-refractivity contribution in [1.82, 2.24) is 0 Å². The van der Waals surface area contributed by atoms with E-state index in [4.69, 9.17) is 0 Å². The minimum Gasteiger partial charge on any atom is -0.550 e. The minimum atomic E-state index is -1.27. The summed E-state index contributed by atoms with van der Waals surface area (Å²) in [6.45, 7) is 2.13. The van der Waals surface area contributed by atoms with Crippen LogP contribution in [0.3, 0.4) is 0 Å². The van der Waals surface area contributed by atoms with Gasteiger partial charge in [0.2, 0.25) is 0 Å². The van der Waals surface area contributed by atoms with Gasteiger partial charge in [-0.2, -0.15) is 0 Å². The highest BCUT2D eigenvalue weighted by molar-refractivity contribution is 5.93. The molecule has 3 heteroatoms. The number of rotatable bonds is 8. The third-order valence-electron chi connectivity index (χ3n) is 1.90. The molecule has 0 aliphatic heterocycles. The number of ketones is 1. The Kier molecular flexibility index (Phi) is 7.26. The second-order valence-electron chi connectivity index (χ2n) is 3.25. The zero-order valence-electron chi connectivity index (χ0n) is 8.17. The summed E-state index contributed by atoms with van der Waals surface area (Å²) in [4.78, 5) is 20.9. The van der Waals surface area contributed by atoms with Crippen LogP contribution in [-0.2, 0) is 9.59 Å². The fourth-order valence-corrected chi connectivity index (χ4v) is 1.18. The van der Waals surface area contributed by atoms with Crippen LogP contribution in [-0.4, -0.2) is 11.8 Å². The van der Waals surface area contributed by atoms with Gasteiger partial charge in [-0.3, -0.25) is 4.79 Å². The fraction of sp³-hybridized carbons (Fsp3) is 0.800. The number of carbonyl (C=O) groups excluding carboxylic acids is 2. The van der Waals surface area contributed by atoms with Crippen LogP contribution in [0.4, 0.5) is 0 Å². The molecular weight excluding hydrogens is 168 g/mol. The third kappa shape index (κ3) is 9.05. The first kappa shape index (κ1) is 12.1. The van der Waals surface area contributed by atoms with E-state index in [1.165, 1.54) is 12.8 Å². The Morgan fingerprint density at radius 3 is 2.23 bits per heavy atom. The number of Topliss-reactive ketones (excluding diaryl/α,β-unsaturated/α-hetero) is 1. The summed E-state index contributed by atoms with van der Waals surface area (Å²) in [5.74, 6) is -1.48. The maximum atomic E-state index is 10.9. The summed E-state index contributed by atoms with van der Waals surface area (Å²) >= 11 is 0. The molecule has 3 nitrogen and oxygen atoms in total. The summed E-state index contributed by atoms with van der Waals surface area (Å²) in [6.07, 6.45) is 5.29. The molecule has 76 valence electrons. The van der Waals surface area contributed by atoms with Crippen LogP contribution < -0.4 is 5.11 Å². The molecule has 0 aliphatic rings.